The van der Waals surface area contributed by atoms with E-state index in [1.165, 1.54) is 16.3 Å². The third kappa shape index (κ3) is 8.96. The first-order chi connectivity index (χ1) is 17.3. The van der Waals surface area contributed by atoms with Crippen molar-refractivity contribution in [2.45, 2.75) is 58.7 Å². The van der Waals surface area contributed by atoms with Crippen LogP contribution in [0.4, 0.5) is 5.69 Å². The van der Waals surface area contributed by atoms with Crippen LogP contribution in [0.1, 0.15) is 46.1 Å². The van der Waals surface area contributed by atoms with Gasteiger partial charge in [0.05, 0.1) is 26.2 Å². The Balaban J connectivity index is 2.24. The Bertz CT molecular complexity index is 1180. The summed E-state index contributed by atoms with van der Waals surface area (Å²) in [6.07, 6.45) is 1.43. The van der Waals surface area contributed by atoms with Crippen molar-refractivity contribution >= 4 is 27.5 Å². The van der Waals surface area contributed by atoms with Gasteiger partial charge in [-0.05, 0) is 63.9 Å². The third-order valence-corrected chi connectivity index (χ3v) is 6.84. The molecule has 0 unspecified atom stereocenters. The van der Waals surface area contributed by atoms with Gasteiger partial charge in [-0.1, -0.05) is 24.3 Å². The molecule has 1 N–H and O–H groups in total. The van der Waals surface area contributed by atoms with Crippen LogP contribution in [0.5, 0.6) is 11.5 Å². The fourth-order valence-corrected chi connectivity index (χ4v) is 4.81. The van der Waals surface area contributed by atoms with Crippen LogP contribution in [0, 0.1) is 0 Å². The molecule has 0 fully saturated rings. The van der Waals surface area contributed by atoms with Crippen molar-refractivity contribution in [3.05, 3.63) is 54.1 Å². The molecule has 0 radical (unpaired) electrons. The number of anilines is 1. The first kappa shape index (κ1) is 30.0. The molecule has 0 aliphatic rings. The number of benzene rings is 2. The minimum Gasteiger partial charge on any atom is -0.497 e. The molecule has 2 amide bonds. The summed E-state index contributed by atoms with van der Waals surface area (Å²) in [5.74, 6) is 0.548. The number of carbonyl (C=O) groups excluding carboxylic acids is 2. The normalized spacial score (nSPS) is 12.4. The number of hydrogen-bond acceptors (Lipinski definition) is 6. The summed E-state index contributed by atoms with van der Waals surface area (Å²) in [7, 11) is -0.583. The molecule has 0 aliphatic heterocycles. The minimum atomic E-state index is -3.62. The fourth-order valence-electron chi connectivity index (χ4n) is 3.84. The summed E-state index contributed by atoms with van der Waals surface area (Å²) in [4.78, 5) is 27.9. The number of methoxy groups -OCH3 is 2. The summed E-state index contributed by atoms with van der Waals surface area (Å²) >= 11 is 0. The zero-order valence-electron chi connectivity index (χ0n) is 22.8. The smallest absolute Gasteiger partial charge is 0.242 e. The third-order valence-electron chi connectivity index (χ3n) is 5.66. The minimum absolute atomic E-state index is 0.0538. The van der Waals surface area contributed by atoms with Gasteiger partial charge in [0, 0.05) is 25.0 Å². The molecule has 9 nitrogen and oxygen atoms in total. The van der Waals surface area contributed by atoms with Gasteiger partial charge in [0.1, 0.15) is 17.5 Å². The van der Waals surface area contributed by atoms with E-state index in [0.29, 0.717) is 17.2 Å². The Kier molecular flexibility index (Phi) is 10.4. The first-order valence-electron chi connectivity index (χ1n) is 12.1. The summed E-state index contributed by atoms with van der Waals surface area (Å²) in [5.41, 5.74) is 0.766. The highest BCUT2D eigenvalue weighted by molar-refractivity contribution is 7.92. The molecule has 0 bridgehead atoms. The maximum absolute atomic E-state index is 13.4. The zero-order valence-corrected chi connectivity index (χ0v) is 23.6. The molecule has 0 spiro atoms. The molecular weight excluding hydrogens is 494 g/mol. The molecule has 0 heterocycles. The van der Waals surface area contributed by atoms with Gasteiger partial charge in [-0.15, -0.1) is 0 Å². The van der Waals surface area contributed by atoms with E-state index in [1.807, 2.05) is 45.0 Å². The largest absolute Gasteiger partial charge is 0.497 e. The number of nitrogens with zero attached hydrogens (tertiary/aromatic N) is 2. The summed E-state index contributed by atoms with van der Waals surface area (Å²) in [5, 5.41) is 2.93. The van der Waals surface area contributed by atoms with Gasteiger partial charge in [-0.2, -0.15) is 0 Å². The maximum atomic E-state index is 13.4. The lowest BCUT2D eigenvalue weighted by Crippen LogP contribution is -2.52. The molecule has 2 aromatic carbocycles. The van der Waals surface area contributed by atoms with Gasteiger partial charge < -0.3 is 19.7 Å². The summed E-state index contributed by atoms with van der Waals surface area (Å²) in [6.45, 7) is 7.62. The Labute approximate surface area is 220 Å². The predicted molar refractivity (Wildman–Crippen MR) is 145 cm³/mol. The van der Waals surface area contributed by atoms with E-state index >= 15 is 0 Å². The van der Waals surface area contributed by atoms with Crippen molar-refractivity contribution in [1.29, 1.82) is 0 Å². The average molecular weight is 534 g/mol. The lowest BCUT2D eigenvalue weighted by molar-refractivity contribution is -0.141. The zero-order chi connectivity index (χ0) is 27.8. The second-order valence-electron chi connectivity index (χ2n) is 9.90. The lowest BCUT2D eigenvalue weighted by Gasteiger charge is -2.32. The number of hydrogen-bond donors (Lipinski definition) is 1. The first-order valence-corrected chi connectivity index (χ1v) is 14.0. The van der Waals surface area contributed by atoms with Crippen LogP contribution in [0.15, 0.2) is 48.5 Å². The van der Waals surface area contributed by atoms with Crippen molar-refractivity contribution in [1.82, 2.24) is 10.2 Å². The van der Waals surface area contributed by atoms with Gasteiger partial charge in [0.2, 0.25) is 21.8 Å². The molecule has 37 heavy (non-hydrogen) atoms. The van der Waals surface area contributed by atoms with Crippen molar-refractivity contribution < 1.29 is 27.5 Å². The second kappa shape index (κ2) is 12.8. The van der Waals surface area contributed by atoms with Gasteiger partial charge in [0.15, 0.2) is 0 Å². The van der Waals surface area contributed by atoms with Crippen LogP contribution in [-0.4, -0.2) is 63.7 Å². The Morgan fingerprint density at radius 3 is 2.30 bits per heavy atom. The van der Waals surface area contributed by atoms with Crippen molar-refractivity contribution in [2.24, 2.45) is 0 Å². The summed E-state index contributed by atoms with van der Waals surface area (Å²) in [6, 6.07) is 13.4. The van der Waals surface area contributed by atoms with Crippen LogP contribution in [-0.2, 0) is 26.2 Å². The predicted octanol–water partition coefficient (Wildman–Crippen LogP) is 3.58. The number of amides is 2. The molecule has 0 saturated heterocycles. The Hall–Kier alpha value is -3.27. The Morgan fingerprint density at radius 1 is 1.03 bits per heavy atom. The topological polar surface area (TPSA) is 105 Å². The standard InChI is InChI=1S/C27H39N3O6S/c1-20(26(32)28-27(2,3)4)29(19-21-12-10-13-22(18-21)35-5)25(31)16-11-17-30(37(7,33)34)23-14-8-9-15-24(23)36-6/h8-10,12-15,18,20H,11,16-17,19H2,1-7H3,(H,28,32)/t20-/m1/s1. The molecule has 1 atom stereocenters. The second-order valence-corrected chi connectivity index (χ2v) is 11.8. The van der Waals surface area contributed by atoms with E-state index in [9.17, 15) is 18.0 Å². The Morgan fingerprint density at radius 2 is 1.70 bits per heavy atom. The van der Waals surface area contributed by atoms with E-state index in [0.717, 1.165) is 11.8 Å². The number of rotatable bonds is 12. The quantitative estimate of drug-likeness (QED) is 0.447. The number of para-hydroxylation sites is 2. The SMILES string of the molecule is COc1cccc(CN(C(=O)CCCN(c2ccccc2OC)S(C)(=O)=O)[C@H](C)C(=O)NC(C)(C)C)c1. The summed E-state index contributed by atoms with van der Waals surface area (Å²) < 4.78 is 37.0. The van der Waals surface area contributed by atoms with E-state index < -0.39 is 21.6 Å². The molecule has 2 aromatic rings. The van der Waals surface area contributed by atoms with E-state index in [1.54, 1.807) is 38.3 Å². The van der Waals surface area contributed by atoms with Gasteiger partial charge in [0.25, 0.3) is 0 Å². The number of nitrogens with one attached hydrogen (secondary N) is 1. The van der Waals surface area contributed by atoms with Crippen LogP contribution in [0.25, 0.3) is 0 Å². The van der Waals surface area contributed by atoms with Gasteiger partial charge in [-0.25, -0.2) is 8.42 Å². The van der Waals surface area contributed by atoms with E-state index in [2.05, 4.69) is 5.32 Å². The molecule has 0 aliphatic carbocycles. The highest BCUT2D eigenvalue weighted by Gasteiger charge is 2.29. The van der Waals surface area contributed by atoms with Crippen LogP contribution in [0.2, 0.25) is 0 Å². The molecule has 0 aromatic heterocycles. The highest BCUT2D eigenvalue weighted by Crippen LogP contribution is 2.30. The molecule has 10 heteroatoms. The van der Waals surface area contributed by atoms with Crippen molar-refractivity contribution in [2.75, 3.05) is 31.3 Å². The number of carbonyl (C=O) groups is 2. The molecule has 0 saturated carbocycles. The van der Waals surface area contributed by atoms with Crippen molar-refractivity contribution in [3.8, 4) is 11.5 Å². The highest BCUT2D eigenvalue weighted by atomic mass is 32.2. The van der Waals surface area contributed by atoms with Crippen molar-refractivity contribution in [3.63, 3.8) is 0 Å². The van der Waals surface area contributed by atoms with Crippen LogP contribution < -0.4 is 19.1 Å². The molecular formula is C27H39N3O6S. The lowest BCUT2D eigenvalue weighted by atomic mass is 10.1. The van der Waals surface area contributed by atoms with Gasteiger partial charge in [-0.3, -0.25) is 13.9 Å². The maximum Gasteiger partial charge on any atom is 0.242 e. The molecule has 204 valence electrons. The van der Waals surface area contributed by atoms with E-state index in [4.69, 9.17) is 9.47 Å². The number of ether oxygens (including phenoxy) is 2. The monoisotopic (exact) mass is 533 g/mol. The van der Waals surface area contributed by atoms with Gasteiger partial charge >= 0.3 is 0 Å². The molecule has 2 rings (SSSR count). The number of sulfonamides is 1. The van der Waals surface area contributed by atoms with Crippen LogP contribution >= 0.6 is 0 Å². The average Bonchev–Trinajstić information content (AvgIpc) is 2.83. The van der Waals surface area contributed by atoms with E-state index in [-0.39, 0.29) is 37.7 Å². The van der Waals surface area contributed by atoms with Crippen LogP contribution in [0.3, 0.4) is 0 Å². The fraction of sp³-hybridized carbons (Fsp3) is 0.481.